The fraction of sp³-hybridized carbons (Fsp3) is 0.692. The number of nitrogens with zero attached hydrogens (tertiary/aromatic N) is 1. The van der Waals surface area contributed by atoms with Crippen LogP contribution in [0, 0.1) is 6.92 Å². The van der Waals surface area contributed by atoms with E-state index in [1.54, 1.807) is 11.3 Å². The van der Waals surface area contributed by atoms with E-state index in [0.29, 0.717) is 0 Å². The Morgan fingerprint density at radius 1 is 1.50 bits per heavy atom. The van der Waals surface area contributed by atoms with E-state index < -0.39 is 0 Å². The topological polar surface area (TPSA) is 54.0 Å². The van der Waals surface area contributed by atoms with Crippen LogP contribution >= 0.6 is 11.3 Å². The Kier molecular flexibility index (Phi) is 4.72. The van der Waals surface area contributed by atoms with Crippen molar-refractivity contribution in [1.29, 1.82) is 0 Å². The lowest BCUT2D eigenvalue weighted by Gasteiger charge is -2.14. The van der Waals surface area contributed by atoms with Crippen molar-refractivity contribution in [2.45, 2.75) is 52.0 Å². The van der Waals surface area contributed by atoms with Gasteiger partial charge in [0.1, 0.15) is 0 Å². The van der Waals surface area contributed by atoms with Crippen molar-refractivity contribution in [3.05, 3.63) is 10.6 Å². The fourth-order valence-electron chi connectivity index (χ4n) is 2.25. The first-order chi connectivity index (χ1) is 8.70. The molecule has 2 N–H and O–H groups in total. The third kappa shape index (κ3) is 3.29. The van der Waals surface area contributed by atoms with E-state index in [1.165, 1.54) is 17.7 Å². The summed E-state index contributed by atoms with van der Waals surface area (Å²) in [6.07, 6.45) is 5.35. The van der Waals surface area contributed by atoms with Crippen LogP contribution in [0.4, 0.5) is 5.13 Å². The number of amides is 1. The Morgan fingerprint density at radius 2 is 2.33 bits per heavy atom. The van der Waals surface area contributed by atoms with Crippen molar-refractivity contribution >= 4 is 22.4 Å². The molecule has 1 unspecified atom stereocenters. The van der Waals surface area contributed by atoms with Gasteiger partial charge in [-0.2, -0.15) is 0 Å². The van der Waals surface area contributed by atoms with Gasteiger partial charge in [0, 0.05) is 4.88 Å². The molecule has 0 spiro atoms. The first kappa shape index (κ1) is 13.5. The molecular formula is C13H21N3OS. The van der Waals surface area contributed by atoms with Gasteiger partial charge < -0.3 is 10.6 Å². The predicted molar refractivity (Wildman–Crippen MR) is 75.1 cm³/mol. The molecule has 0 aromatic carbocycles. The van der Waals surface area contributed by atoms with Crippen LogP contribution in [0.5, 0.6) is 0 Å². The number of anilines is 1. The Hall–Kier alpha value is -0.940. The van der Waals surface area contributed by atoms with E-state index in [-0.39, 0.29) is 11.9 Å². The smallest absolute Gasteiger partial charge is 0.243 e. The van der Waals surface area contributed by atoms with Gasteiger partial charge in [-0.3, -0.25) is 4.79 Å². The summed E-state index contributed by atoms with van der Waals surface area (Å²) in [5.74, 6) is 0.0632. The zero-order chi connectivity index (χ0) is 13.0. The van der Waals surface area contributed by atoms with Gasteiger partial charge in [-0.15, -0.1) is 11.3 Å². The molecule has 1 aliphatic heterocycles. The molecule has 18 heavy (non-hydrogen) atoms. The number of hydrogen-bond donors (Lipinski definition) is 2. The van der Waals surface area contributed by atoms with E-state index >= 15 is 0 Å². The lowest BCUT2D eigenvalue weighted by molar-refractivity contribution is -0.118. The highest BCUT2D eigenvalue weighted by Crippen LogP contribution is 2.22. The molecule has 1 aliphatic rings. The van der Waals surface area contributed by atoms with E-state index in [4.69, 9.17) is 0 Å². The molecule has 5 heteroatoms. The predicted octanol–water partition coefficient (Wildman–Crippen LogP) is 2.48. The van der Waals surface area contributed by atoms with Gasteiger partial charge in [0.15, 0.2) is 5.13 Å². The molecule has 1 saturated heterocycles. The molecule has 0 aliphatic carbocycles. The fourth-order valence-corrected chi connectivity index (χ4v) is 3.16. The minimum atomic E-state index is -0.0539. The molecular weight excluding hydrogens is 246 g/mol. The Bertz CT molecular complexity index is 408. The maximum absolute atomic E-state index is 12.1. The van der Waals surface area contributed by atoms with Gasteiger partial charge >= 0.3 is 0 Å². The summed E-state index contributed by atoms with van der Waals surface area (Å²) in [5.41, 5.74) is 1.09. The van der Waals surface area contributed by atoms with Crippen LogP contribution in [0.15, 0.2) is 0 Å². The molecule has 0 saturated carbocycles. The van der Waals surface area contributed by atoms with Crippen molar-refractivity contribution in [3.63, 3.8) is 0 Å². The van der Waals surface area contributed by atoms with Crippen molar-refractivity contribution < 1.29 is 4.79 Å². The Balaban J connectivity index is 1.96. The van der Waals surface area contributed by atoms with Crippen LogP contribution in [0.1, 0.15) is 43.2 Å². The third-order valence-corrected chi connectivity index (χ3v) is 4.26. The van der Waals surface area contributed by atoms with Crippen molar-refractivity contribution in [1.82, 2.24) is 10.3 Å². The number of rotatable bonds is 3. The normalized spacial score (nSPS) is 20.4. The summed E-state index contributed by atoms with van der Waals surface area (Å²) in [6, 6.07) is -0.0539. The number of thiazole rings is 1. The van der Waals surface area contributed by atoms with Crippen molar-refractivity contribution in [2.75, 3.05) is 11.9 Å². The molecule has 1 amide bonds. The second-order valence-corrected chi connectivity index (χ2v) is 5.92. The summed E-state index contributed by atoms with van der Waals surface area (Å²) < 4.78 is 0. The molecule has 100 valence electrons. The maximum Gasteiger partial charge on any atom is 0.243 e. The molecule has 1 fully saturated rings. The Labute approximate surface area is 112 Å². The van der Waals surface area contributed by atoms with Gasteiger partial charge in [-0.05, 0) is 32.7 Å². The van der Waals surface area contributed by atoms with Crippen molar-refractivity contribution in [2.24, 2.45) is 0 Å². The summed E-state index contributed by atoms with van der Waals surface area (Å²) in [4.78, 5) is 17.8. The van der Waals surface area contributed by atoms with E-state index in [0.717, 1.165) is 36.6 Å². The third-order valence-electron chi connectivity index (χ3n) is 3.33. The van der Waals surface area contributed by atoms with E-state index in [9.17, 15) is 4.79 Å². The summed E-state index contributed by atoms with van der Waals surface area (Å²) in [7, 11) is 0. The van der Waals surface area contributed by atoms with Gasteiger partial charge in [0.2, 0.25) is 5.91 Å². The zero-order valence-corrected chi connectivity index (χ0v) is 11.9. The molecule has 2 heterocycles. The van der Waals surface area contributed by atoms with Gasteiger partial charge in [-0.1, -0.05) is 19.8 Å². The highest BCUT2D eigenvalue weighted by molar-refractivity contribution is 7.15. The average Bonchev–Trinajstić information content (AvgIpc) is 2.58. The second-order valence-electron chi connectivity index (χ2n) is 4.72. The van der Waals surface area contributed by atoms with Crippen LogP contribution in [0.25, 0.3) is 0 Å². The summed E-state index contributed by atoms with van der Waals surface area (Å²) in [6.45, 7) is 5.08. The highest BCUT2D eigenvalue weighted by Gasteiger charge is 2.20. The number of hydrogen-bond acceptors (Lipinski definition) is 4. The number of carbonyl (C=O) groups excluding carboxylic acids is 1. The highest BCUT2D eigenvalue weighted by atomic mass is 32.1. The van der Waals surface area contributed by atoms with E-state index in [1.807, 2.05) is 0 Å². The van der Waals surface area contributed by atoms with Gasteiger partial charge in [-0.25, -0.2) is 4.98 Å². The number of carbonyl (C=O) groups is 1. The first-order valence-corrected chi connectivity index (χ1v) is 7.53. The van der Waals surface area contributed by atoms with Crippen LogP contribution < -0.4 is 10.6 Å². The zero-order valence-electron chi connectivity index (χ0n) is 11.1. The van der Waals surface area contributed by atoms with Gasteiger partial charge in [0.05, 0.1) is 11.7 Å². The van der Waals surface area contributed by atoms with Crippen LogP contribution in [-0.2, 0) is 11.2 Å². The number of nitrogens with one attached hydrogen (secondary N) is 2. The molecule has 1 aromatic rings. The minimum absolute atomic E-state index is 0.0539. The van der Waals surface area contributed by atoms with Gasteiger partial charge in [0.25, 0.3) is 0 Å². The average molecular weight is 267 g/mol. The van der Waals surface area contributed by atoms with E-state index in [2.05, 4.69) is 29.5 Å². The SMILES string of the molecule is CCc1nc(NC(=O)C2CCCCCN2)sc1C. The molecule has 0 bridgehead atoms. The molecule has 2 rings (SSSR count). The number of aryl methyl sites for hydroxylation is 2. The molecule has 1 atom stereocenters. The minimum Gasteiger partial charge on any atom is -0.306 e. The largest absolute Gasteiger partial charge is 0.306 e. The lowest BCUT2D eigenvalue weighted by Crippen LogP contribution is -2.39. The first-order valence-electron chi connectivity index (χ1n) is 6.71. The summed E-state index contributed by atoms with van der Waals surface area (Å²) >= 11 is 1.57. The molecule has 4 nitrogen and oxygen atoms in total. The molecule has 1 aromatic heterocycles. The standard InChI is InChI=1S/C13H21N3OS/c1-3-10-9(2)18-13(15-10)16-12(17)11-7-5-4-6-8-14-11/h11,14H,3-8H2,1-2H3,(H,15,16,17). The quantitative estimate of drug-likeness (QED) is 0.884. The van der Waals surface area contributed by atoms with Crippen LogP contribution in [0.2, 0.25) is 0 Å². The Morgan fingerprint density at radius 3 is 3.06 bits per heavy atom. The molecule has 0 radical (unpaired) electrons. The maximum atomic E-state index is 12.1. The monoisotopic (exact) mass is 267 g/mol. The summed E-state index contributed by atoms with van der Waals surface area (Å²) in [5, 5.41) is 6.98. The second kappa shape index (κ2) is 6.29. The van der Waals surface area contributed by atoms with Crippen LogP contribution in [-0.4, -0.2) is 23.5 Å². The van der Waals surface area contributed by atoms with Crippen molar-refractivity contribution in [3.8, 4) is 0 Å². The van der Waals surface area contributed by atoms with Crippen LogP contribution in [0.3, 0.4) is 0 Å². The number of aromatic nitrogens is 1. The lowest BCUT2D eigenvalue weighted by atomic mass is 10.1.